The molecule has 27 heavy (non-hydrogen) atoms. The molecule has 0 heterocycles. The summed E-state index contributed by atoms with van der Waals surface area (Å²) in [6.45, 7) is 0. The highest BCUT2D eigenvalue weighted by molar-refractivity contribution is 6.04. The lowest BCUT2D eigenvalue weighted by molar-refractivity contribution is 0.101. The summed E-state index contributed by atoms with van der Waals surface area (Å²) in [6, 6.07) is 17.4. The van der Waals surface area contributed by atoms with Crippen LogP contribution in [-0.2, 0) is 0 Å². The Kier molecular flexibility index (Phi) is 5.35. The normalized spacial score (nSPS) is 10.4. The van der Waals surface area contributed by atoms with E-state index in [1.54, 1.807) is 24.3 Å². The highest BCUT2D eigenvalue weighted by atomic mass is 19.1. The first-order valence-electron chi connectivity index (χ1n) is 8.25. The molecule has 4 nitrogen and oxygen atoms in total. The summed E-state index contributed by atoms with van der Waals surface area (Å²) < 4.78 is 33.3. The van der Waals surface area contributed by atoms with Gasteiger partial charge in [-0.05, 0) is 48.5 Å². The van der Waals surface area contributed by atoms with Crippen LogP contribution in [0.2, 0.25) is 0 Å². The fourth-order valence-corrected chi connectivity index (χ4v) is 2.55. The van der Waals surface area contributed by atoms with Gasteiger partial charge in [-0.2, -0.15) is 0 Å². The van der Waals surface area contributed by atoms with Crippen molar-refractivity contribution in [1.82, 2.24) is 0 Å². The minimum Gasteiger partial charge on any atom is -0.455 e. The van der Waals surface area contributed by atoms with Gasteiger partial charge in [0.15, 0.2) is 5.75 Å². The number of carbonyl (C=O) groups excluding carboxylic acids is 1. The second kappa shape index (κ2) is 7.86. The van der Waals surface area contributed by atoms with E-state index in [-0.39, 0.29) is 0 Å². The van der Waals surface area contributed by atoms with Crippen LogP contribution in [0.1, 0.15) is 10.4 Å². The van der Waals surface area contributed by atoms with Crippen molar-refractivity contribution < 1.29 is 18.3 Å². The summed E-state index contributed by atoms with van der Waals surface area (Å²) in [5.74, 6) is -1.41. The van der Waals surface area contributed by atoms with Crippen molar-refractivity contribution in [3.8, 4) is 11.5 Å². The molecule has 1 amide bonds. The number of nitrogens with one attached hydrogen (secondary N) is 1. The third-order valence-electron chi connectivity index (χ3n) is 3.88. The second-order valence-corrected chi connectivity index (χ2v) is 6.04. The first-order chi connectivity index (χ1) is 13.0. The lowest BCUT2D eigenvalue weighted by atomic mass is 10.1. The second-order valence-electron chi connectivity index (χ2n) is 6.04. The van der Waals surface area contributed by atoms with Gasteiger partial charge in [-0.3, -0.25) is 4.79 Å². The van der Waals surface area contributed by atoms with Crippen molar-refractivity contribution in [2.24, 2.45) is 0 Å². The van der Waals surface area contributed by atoms with Crippen molar-refractivity contribution in [1.29, 1.82) is 0 Å². The fourth-order valence-electron chi connectivity index (χ4n) is 2.55. The molecule has 0 unspecified atom stereocenters. The number of anilines is 2. The van der Waals surface area contributed by atoms with Crippen molar-refractivity contribution >= 4 is 17.3 Å². The van der Waals surface area contributed by atoms with E-state index in [4.69, 9.17) is 4.74 Å². The maximum absolute atomic E-state index is 13.7. The van der Waals surface area contributed by atoms with Gasteiger partial charge in [0, 0.05) is 19.8 Å². The van der Waals surface area contributed by atoms with E-state index in [0.29, 0.717) is 17.2 Å². The summed E-state index contributed by atoms with van der Waals surface area (Å²) in [6.07, 6.45) is 0. The average Bonchev–Trinajstić information content (AvgIpc) is 2.63. The van der Waals surface area contributed by atoms with Crippen LogP contribution in [-0.4, -0.2) is 20.0 Å². The predicted octanol–water partition coefficient (Wildman–Crippen LogP) is 5.08. The van der Waals surface area contributed by atoms with Gasteiger partial charge in [0.25, 0.3) is 5.91 Å². The van der Waals surface area contributed by atoms with Crippen molar-refractivity contribution in [3.63, 3.8) is 0 Å². The van der Waals surface area contributed by atoms with Gasteiger partial charge >= 0.3 is 0 Å². The fraction of sp³-hybridized carbons (Fsp3) is 0.0952. The molecule has 0 spiro atoms. The van der Waals surface area contributed by atoms with Crippen LogP contribution in [0.4, 0.5) is 20.2 Å². The Labute approximate surface area is 156 Å². The minimum absolute atomic E-state index is 0.399. The number of nitrogens with zero attached hydrogens (tertiary/aromatic N) is 1. The van der Waals surface area contributed by atoms with Crippen molar-refractivity contribution in [2.75, 3.05) is 24.3 Å². The van der Waals surface area contributed by atoms with Crippen LogP contribution in [0.25, 0.3) is 0 Å². The summed E-state index contributed by atoms with van der Waals surface area (Å²) in [4.78, 5) is 14.1. The van der Waals surface area contributed by atoms with Crippen LogP contribution in [0.3, 0.4) is 0 Å². The summed E-state index contributed by atoms with van der Waals surface area (Å²) >= 11 is 0. The Hall–Kier alpha value is -3.41. The molecule has 3 aromatic carbocycles. The third-order valence-corrected chi connectivity index (χ3v) is 3.88. The van der Waals surface area contributed by atoms with Gasteiger partial charge in [-0.15, -0.1) is 0 Å². The number of hydrogen-bond acceptors (Lipinski definition) is 3. The maximum Gasteiger partial charge on any atom is 0.261 e. The molecule has 3 rings (SSSR count). The number of rotatable bonds is 5. The standard InChI is InChI=1S/C21H18F2N2O2/c1-25(2)18-8-3-4-9-19(18)27-15-12-10-14(11-13-15)24-21(26)20-16(22)6-5-7-17(20)23/h3-13H,1-2H3,(H,24,26). The van der Waals surface area contributed by atoms with E-state index in [0.717, 1.165) is 17.8 Å². The summed E-state index contributed by atoms with van der Waals surface area (Å²) in [7, 11) is 3.84. The number of ether oxygens (including phenoxy) is 1. The Morgan fingerprint density at radius 1 is 0.889 bits per heavy atom. The predicted molar refractivity (Wildman–Crippen MR) is 102 cm³/mol. The molecule has 3 aromatic rings. The summed E-state index contributed by atoms with van der Waals surface area (Å²) in [5.41, 5.74) is 0.707. The zero-order valence-corrected chi connectivity index (χ0v) is 14.9. The smallest absolute Gasteiger partial charge is 0.261 e. The van der Waals surface area contributed by atoms with Gasteiger partial charge in [0.05, 0.1) is 5.69 Å². The Morgan fingerprint density at radius 2 is 1.52 bits per heavy atom. The van der Waals surface area contributed by atoms with Crippen LogP contribution in [0.5, 0.6) is 11.5 Å². The molecule has 0 aliphatic heterocycles. The first kappa shape index (κ1) is 18.4. The molecule has 0 saturated heterocycles. The first-order valence-corrected chi connectivity index (χ1v) is 8.25. The molecule has 1 N–H and O–H groups in total. The van der Waals surface area contributed by atoms with E-state index in [1.807, 2.05) is 43.3 Å². The highest BCUT2D eigenvalue weighted by Crippen LogP contribution is 2.31. The minimum atomic E-state index is -0.909. The molecule has 0 radical (unpaired) electrons. The molecule has 6 heteroatoms. The van der Waals surface area contributed by atoms with Crippen LogP contribution in [0.15, 0.2) is 66.7 Å². The van der Waals surface area contributed by atoms with Gasteiger partial charge in [0.2, 0.25) is 0 Å². The molecule has 0 saturated carbocycles. The number of amides is 1. The van der Waals surface area contributed by atoms with Gasteiger partial charge in [-0.25, -0.2) is 8.78 Å². The monoisotopic (exact) mass is 368 g/mol. The Morgan fingerprint density at radius 3 is 2.15 bits per heavy atom. The van der Waals surface area contributed by atoms with E-state index in [1.165, 1.54) is 6.07 Å². The quantitative estimate of drug-likeness (QED) is 0.683. The molecular formula is C21H18F2N2O2. The summed E-state index contributed by atoms with van der Waals surface area (Å²) in [5, 5.41) is 2.48. The number of hydrogen-bond donors (Lipinski definition) is 1. The van der Waals surface area contributed by atoms with E-state index in [2.05, 4.69) is 5.32 Å². The molecule has 0 atom stereocenters. The molecule has 0 bridgehead atoms. The molecule has 0 aliphatic rings. The van der Waals surface area contributed by atoms with Crippen LogP contribution >= 0.6 is 0 Å². The van der Waals surface area contributed by atoms with Crippen LogP contribution < -0.4 is 15.0 Å². The number of benzene rings is 3. The third kappa shape index (κ3) is 4.23. The molecule has 0 aliphatic carbocycles. The number of carbonyl (C=O) groups is 1. The van der Waals surface area contributed by atoms with Gasteiger partial charge in [-0.1, -0.05) is 18.2 Å². The number of halogens is 2. The highest BCUT2D eigenvalue weighted by Gasteiger charge is 2.17. The zero-order valence-electron chi connectivity index (χ0n) is 14.9. The van der Waals surface area contributed by atoms with Gasteiger partial charge < -0.3 is 15.0 Å². The molecular weight excluding hydrogens is 350 g/mol. The largest absolute Gasteiger partial charge is 0.455 e. The lowest BCUT2D eigenvalue weighted by Gasteiger charge is -2.17. The number of para-hydroxylation sites is 2. The average molecular weight is 368 g/mol. The molecule has 0 aromatic heterocycles. The Bertz CT molecular complexity index is 936. The Balaban J connectivity index is 1.74. The van der Waals surface area contributed by atoms with Crippen molar-refractivity contribution in [2.45, 2.75) is 0 Å². The van der Waals surface area contributed by atoms with E-state index >= 15 is 0 Å². The van der Waals surface area contributed by atoms with Gasteiger partial charge in [0.1, 0.15) is 22.9 Å². The maximum atomic E-state index is 13.7. The van der Waals surface area contributed by atoms with Crippen molar-refractivity contribution in [3.05, 3.63) is 83.9 Å². The lowest BCUT2D eigenvalue weighted by Crippen LogP contribution is -2.15. The zero-order chi connectivity index (χ0) is 19.4. The molecule has 0 fully saturated rings. The SMILES string of the molecule is CN(C)c1ccccc1Oc1ccc(NC(=O)c2c(F)cccc2F)cc1. The van der Waals surface area contributed by atoms with Crippen LogP contribution in [0, 0.1) is 11.6 Å². The molecule has 138 valence electrons. The van der Waals surface area contributed by atoms with E-state index < -0.39 is 23.1 Å². The van der Waals surface area contributed by atoms with E-state index in [9.17, 15) is 13.6 Å². The topological polar surface area (TPSA) is 41.6 Å².